The van der Waals surface area contributed by atoms with Gasteiger partial charge in [0.25, 0.3) is 20.2 Å². The Labute approximate surface area is 166 Å². The van der Waals surface area contributed by atoms with Crippen molar-refractivity contribution in [3.63, 3.8) is 0 Å². The van der Waals surface area contributed by atoms with Gasteiger partial charge in [-0.15, -0.1) is 0 Å². The van der Waals surface area contributed by atoms with Crippen LogP contribution in [0.15, 0.2) is 46.2 Å². The molecule has 8 nitrogen and oxygen atoms in total. The van der Waals surface area contributed by atoms with Crippen LogP contribution < -0.4 is 0 Å². The van der Waals surface area contributed by atoms with Crippen LogP contribution in [0, 0.1) is 0 Å². The van der Waals surface area contributed by atoms with Gasteiger partial charge in [-0.05, 0) is 36.4 Å². The number of ketones is 2. The van der Waals surface area contributed by atoms with E-state index in [1.807, 2.05) is 0 Å². The SMILES string of the molecule is O=C1c2ccc(S(=O)(=O)O)cc2C(=O)c2ccc(S(=O)(=O)O)cc21.[HH].[Na]. The number of hydrogen-bond acceptors (Lipinski definition) is 6. The van der Waals surface area contributed by atoms with E-state index < -0.39 is 41.6 Å². The van der Waals surface area contributed by atoms with E-state index in [0.717, 1.165) is 36.4 Å². The van der Waals surface area contributed by atoms with E-state index in [1.165, 1.54) is 0 Å². The molecule has 1 aliphatic carbocycles. The summed E-state index contributed by atoms with van der Waals surface area (Å²) < 4.78 is 62.8. The molecule has 0 aromatic heterocycles. The average Bonchev–Trinajstić information content (AvgIpc) is 2.49. The van der Waals surface area contributed by atoms with Gasteiger partial charge in [0.1, 0.15) is 0 Å². The van der Waals surface area contributed by atoms with Crippen molar-refractivity contribution in [2.75, 3.05) is 0 Å². The Kier molecular flexibility index (Phi) is 5.10. The molecule has 2 N–H and O–H groups in total. The molecule has 0 amide bonds. The van der Waals surface area contributed by atoms with Crippen LogP contribution in [-0.4, -0.2) is 67.1 Å². The van der Waals surface area contributed by atoms with Gasteiger partial charge >= 0.3 is 0 Å². The van der Waals surface area contributed by atoms with E-state index in [9.17, 15) is 26.4 Å². The normalized spacial score (nSPS) is 13.7. The van der Waals surface area contributed by atoms with Crippen LogP contribution in [0.4, 0.5) is 0 Å². The van der Waals surface area contributed by atoms with Gasteiger partial charge in [-0.3, -0.25) is 18.7 Å². The van der Waals surface area contributed by atoms with Crippen LogP contribution in [0.5, 0.6) is 0 Å². The van der Waals surface area contributed by atoms with Gasteiger partial charge in [-0.2, -0.15) is 16.8 Å². The summed E-state index contributed by atoms with van der Waals surface area (Å²) >= 11 is 0. The molecular weight excluding hydrogens is 383 g/mol. The number of rotatable bonds is 2. The van der Waals surface area contributed by atoms with Crippen molar-refractivity contribution in [1.29, 1.82) is 0 Å². The zero-order valence-electron chi connectivity index (χ0n) is 12.6. The summed E-state index contributed by atoms with van der Waals surface area (Å²) in [5, 5.41) is 0. The van der Waals surface area contributed by atoms with Gasteiger partial charge in [0.05, 0.1) is 9.79 Å². The fourth-order valence-corrected chi connectivity index (χ4v) is 3.44. The summed E-state index contributed by atoms with van der Waals surface area (Å²) in [7, 11) is -9.11. The van der Waals surface area contributed by atoms with Gasteiger partial charge in [0.15, 0.2) is 11.6 Å². The molecule has 0 atom stereocenters. The fourth-order valence-electron chi connectivity index (χ4n) is 2.43. The van der Waals surface area contributed by atoms with Crippen LogP contribution in [0.25, 0.3) is 0 Å². The molecule has 2 aromatic rings. The summed E-state index contributed by atoms with van der Waals surface area (Å²) in [6.07, 6.45) is 0. The van der Waals surface area contributed by atoms with Crippen molar-refractivity contribution in [3.8, 4) is 0 Å². The molecule has 0 heterocycles. The third-order valence-corrected chi connectivity index (χ3v) is 5.26. The van der Waals surface area contributed by atoms with Crippen molar-refractivity contribution in [3.05, 3.63) is 58.7 Å². The Hall–Kier alpha value is -1.40. The van der Waals surface area contributed by atoms with Crippen molar-refractivity contribution < 1.29 is 37.0 Å². The van der Waals surface area contributed by atoms with E-state index in [0.29, 0.717) is 0 Å². The van der Waals surface area contributed by atoms with Crippen LogP contribution >= 0.6 is 0 Å². The zero-order valence-corrected chi connectivity index (χ0v) is 16.3. The largest absolute Gasteiger partial charge is 0.294 e. The standard InChI is InChI=1S/C14H8O8S2.Na.H2/c15-13-9-3-1-7(23(17,18)19)5-11(9)14(16)10-4-2-8(6-12(10)13)24(20,21)22;;/h1-6H,(H,17,18,19)(H,20,21,22);;1H. The van der Waals surface area contributed by atoms with Crippen LogP contribution in [0.2, 0.25) is 0 Å². The molecule has 2 aromatic carbocycles. The minimum absolute atomic E-state index is 0. The van der Waals surface area contributed by atoms with Crippen LogP contribution in [-0.2, 0) is 20.2 Å². The maximum Gasteiger partial charge on any atom is 0.294 e. The minimum Gasteiger partial charge on any atom is -0.289 e. The van der Waals surface area contributed by atoms with Crippen molar-refractivity contribution in [2.24, 2.45) is 0 Å². The van der Waals surface area contributed by atoms with Crippen molar-refractivity contribution in [2.45, 2.75) is 9.79 Å². The van der Waals surface area contributed by atoms with Gasteiger partial charge in [-0.25, -0.2) is 0 Å². The predicted octanol–water partition coefficient (Wildman–Crippen LogP) is 0.821. The molecule has 25 heavy (non-hydrogen) atoms. The molecule has 0 bridgehead atoms. The topological polar surface area (TPSA) is 143 Å². The van der Waals surface area contributed by atoms with Crippen LogP contribution in [0.1, 0.15) is 33.3 Å². The maximum absolute atomic E-state index is 12.5. The first kappa shape index (κ1) is 19.9. The van der Waals surface area contributed by atoms with Gasteiger partial charge in [0, 0.05) is 53.2 Å². The fraction of sp³-hybridized carbons (Fsp3) is 0. The second kappa shape index (κ2) is 6.40. The number of hydrogen-bond donors (Lipinski definition) is 2. The average molecular weight is 393 g/mol. The second-order valence-corrected chi connectivity index (χ2v) is 7.87. The molecular formula is C14H10NaO8S2. The van der Waals surface area contributed by atoms with Gasteiger partial charge in [-0.1, -0.05) is 0 Å². The molecule has 0 aliphatic heterocycles. The van der Waals surface area contributed by atoms with Gasteiger partial charge in [0.2, 0.25) is 0 Å². The van der Waals surface area contributed by atoms with Gasteiger partial charge < -0.3 is 0 Å². The quantitative estimate of drug-likeness (QED) is 0.481. The number of carbonyl (C=O) groups is 2. The molecule has 1 aliphatic rings. The first-order chi connectivity index (χ1) is 11.0. The Balaban J connectivity index is 0.00000169. The van der Waals surface area contributed by atoms with Crippen molar-refractivity contribution >= 4 is 61.4 Å². The monoisotopic (exact) mass is 393 g/mol. The van der Waals surface area contributed by atoms with Crippen molar-refractivity contribution in [1.82, 2.24) is 0 Å². The smallest absolute Gasteiger partial charge is 0.289 e. The third kappa shape index (κ3) is 3.47. The number of fused-ring (bicyclic) bond motifs is 2. The number of benzene rings is 2. The molecule has 0 unspecified atom stereocenters. The predicted molar refractivity (Wildman–Crippen MR) is 87.2 cm³/mol. The van der Waals surface area contributed by atoms with E-state index in [1.54, 1.807) is 0 Å². The minimum atomic E-state index is -4.56. The molecule has 0 saturated heterocycles. The summed E-state index contributed by atoms with van der Waals surface area (Å²) in [4.78, 5) is 23.8. The maximum atomic E-state index is 12.5. The summed E-state index contributed by atoms with van der Waals surface area (Å²) in [5.41, 5.74) is -0.704. The zero-order chi connectivity index (χ0) is 17.9. The number of carbonyl (C=O) groups excluding carboxylic acids is 2. The molecule has 0 saturated carbocycles. The molecule has 11 heteroatoms. The van der Waals surface area contributed by atoms with E-state index in [-0.39, 0.29) is 53.2 Å². The Bertz CT molecular complexity index is 1050. The Morgan fingerprint density at radius 1 is 0.640 bits per heavy atom. The summed E-state index contributed by atoms with van der Waals surface area (Å²) in [6, 6.07) is 5.78. The molecule has 127 valence electrons. The second-order valence-electron chi connectivity index (χ2n) is 5.02. The first-order valence-electron chi connectivity index (χ1n) is 6.32. The van der Waals surface area contributed by atoms with Crippen LogP contribution in [0.3, 0.4) is 0 Å². The molecule has 0 fully saturated rings. The Morgan fingerprint density at radius 2 is 0.960 bits per heavy atom. The molecule has 3 rings (SSSR count). The first-order valence-corrected chi connectivity index (χ1v) is 9.20. The molecule has 1 radical (unpaired) electrons. The Morgan fingerprint density at radius 3 is 1.24 bits per heavy atom. The van der Waals surface area contributed by atoms with E-state index >= 15 is 0 Å². The third-order valence-electron chi connectivity index (χ3n) is 3.56. The summed E-state index contributed by atoms with van der Waals surface area (Å²) in [6.45, 7) is 0. The molecule has 0 spiro atoms. The summed E-state index contributed by atoms with van der Waals surface area (Å²) in [5.74, 6) is -1.40. The van der Waals surface area contributed by atoms with E-state index in [4.69, 9.17) is 9.11 Å². The van der Waals surface area contributed by atoms with E-state index in [2.05, 4.69) is 0 Å².